The van der Waals surface area contributed by atoms with Crippen molar-refractivity contribution in [3.63, 3.8) is 0 Å². The van der Waals surface area contributed by atoms with E-state index in [0.717, 1.165) is 0 Å². The number of pyridine rings is 1. The number of rotatable bonds is 1. The number of nitrogen functional groups attached to an aromatic ring is 1. The maximum Gasteiger partial charge on any atom is 0.344 e. The van der Waals surface area contributed by atoms with Crippen LogP contribution in [0.2, 0.25) is 0 Å². The zero-order valence-corrected chi connectivity index (χ0v) is 7.68. The van der Waals surface area contributed by atoms with E-state index >= 15 is 0 Å². The quantitative estimate of drug-likeness (QED) is 0.529. The number of anilines is 1. The van der Waals surface area contributed by atoms with Gasteiger partial charge in [-0.05, 0) is 12.1 Å². The number of nitrogens with two attached hydrogens (primary N) is 1. The van der Waals surface area contributed by atoms with Crippen LogP contribution < -0.4 is 10.5 Å². The standard InChI is InChI=1S/C10H8N2O3/c11-9-7(10(13)14)5-6-3-1-2-4-8(6)12(9)15/h1-5H,11H2,(H,13,14). The first-order chi connectivity index (χ1) is 7.11. The largest absolute Gasteiger partial charge is 0.710 e. The van der Waals surface area contributed by atoms with E-state index in [0.29, 0.717) is 15.6 Å². The van der Waals surface area contributed by atoms with E-state index in [1.54, 1.807) is 24.3 Å². The first-order valence-corrected chi connectivity index (χ1v) is 4.25. The van der Waals surface area contributed by atoms with Crippen molar-refractivity contribution in [1.82, 2.24) is 0 Å². The predicted octanol–water partition coefficient (Wildman–Crippen LogP) is 0.754. The predicted molar refractivity (Wildman–Crippen MR) is 54.3 cm³/mol. The number of hydrogen-bond acceptors (Lipinski definition) is 3. The van der Waals surface area contributed by atoms with Crippen LogP contribution in [0, 0.1) is 5.21 Å². The number of nitrogens with zero attached hydrogens (tertiary/aromatic N) is 1. The Bertz CT molecular complexity index is 552. The molecule has 0 aliphatic rings. The van der Waals surface area contributed by atoms with Crippen molar-refractivity contribution in [3.8, 4) is 0 Å². The monoisotopic (exact) mass is 204 g/mol. The van der Waals surface area contributed by atoms with E-state index in [9.17, 15) is 10.0 Å². The smallest absolute Gasteiger partial charge is 0.344 e. The molecular formula is C10H8N2O3. The maximum absolute atomic E-state index is 11.6. The maximum atomic E-state index is 11.6. The van der Waals surface area contributed by atoms with Crippen molar-refractivity contribution < 1.29 is 14.6 Å². The fourth-order valence-corrected chi connectivity index (χ4v) is 1.43. The zero-order valence-electron chi connectivity index (χ0n) is 7.68. The van der Waals surface area contributed by atoms with Gasteiger partial charge in [0, 0.05) is 5.39 Å². The minimum atomic E-state index is -1.21. The van der Waals surface area contributed by atoms with Gasteiger partial charge in [-0.15, -0.1) is 0 Å². The van der Waals surface area contributed by atoms with Gasteiger partial charge in [0.25, 0.3) is 5.82 Å². The van der Waals surface area contributed by atoms with Gasteiger partial charge in [-0.3, -0.25) is 5.73 Å². The van der Waals surface area contributed by atoms with E-state index in [1.165, 1.54) is 6.07 Å². The first-order valence-electron chi connectivity index (χ1n) is 4.25. The Morgan fingerprint density at radius 2 is 2.07 bits per heavy atom. The molecule has 0 bridgehead atoms. The van der Waals surface area contributed by atoms with Gasteiger partial charge >= 0.3 is 5.97 Å². The lowest BCUT2D eigenvalue weighted by Gasteiger charge is -2.10. The minimum Gasteiger partial charge on any atom is -0.710 e. The topological polar surface area (TPSA) is 90.3 Å². The summed E-state index contributed by atoms with van der Waals surface area (Å²) in [6, 6.07) is 8.06. The number of carbonyl (C=O) groups is 1. The summed E-state index contributed by atoms with van der Waals surface area (Å²) in [6.45, 7) is 0. The van der Waals surface area contributed by atoms with Crippen LogP contribution in [0.4, 0.5) is 5.82 Å². The summed E-state index contributed by atoms with van der Waals surface area (Å²) in [4.78, 5) is 10.8. The van der Waals surface area contributed by atoms with E-state index in [-0.39, 0.29) is 11.4 Å². The van der Waals surface area contributed by atoms with Crippen LogP contribution in [-0.2, 0) is 0 Å². The van der Waals surface area contributed by atoms with Crippen LogP contribution >= 0.6 is 0 Å². The second kappa shape index (κ2) is 3.13. The molecule has 0 fully saturated rings. The second-order valence-electron chi connectivity index (χ2n) is 3.10. The highest BCUT2D eigenvalue weighted by Crippen LogP contribution is 2.16. The highest BCUT2D eigenvalue weighted by Gasteiger charge is 2.16. The third-order valence-corrected chi connectivity index (χ3v) is 2.18. The molecule has 76 valence electrons. The summed E-state index contributed by atoms with van der Waals surface area (Å²) in [5, 5.41) is 21.0. The van der Waals surface area contributed by atoms with Crippen LogP contribution in [0.1, 0.15) is 10.4 Å². The Hall–Kier alpha value is -2.30. The number of hydrogen-bond donors (Lipinski definition) is 2. The van der Waals surface area contributed by atoms with Crippen molar-refractivity contribution >= 4 is 22.7 Å². The van der Waals surface area contributed by atoms with Gasteiger partial charge in [0.05, 0.1) is 0 Å². The molecule has 1 aromatic carbocycles. The van der Waals surface area contributed by atoms with E-state index in [1.807, 2.05) is 0 Å². The summed E-state index contributed by atoms with van der Waals surface area (Å²) in [5.41, 5.74) is 5.60. The number of fused-ring (bicyclic) bond motifs is 1. The minimum absolute atomic E-state index is 0.177. The molecule has 0 aliphatic heterocycles. The SMILES string of the molecule is Nc1c(C(=O)O)cc2ccccc2[n+]1[O-]. The van der Waals surface area contributed by atoms with Crippen molar-refractivity contribution in [2.45, 2.75) is 0 Å². The third-order valence-electron chi connectivity index (χ3n) is 2.18. The lowest BCUT2D eigenvalue weighted by atomic mass is 10.1. The lowest BCUT2D eigenvalue weighted by molar-refractivity contribution is -0.561. The Balaban J connectivity index is 2.88. The summed E-state index contributed by atoms with van der Waals surface area (Å²) in [5.74, 6) is -1.50. The Morgan fingerprint density at radius 3 is 2.73 bits per heavy atom. The number of benzene rings is 1. The van der Waals surface area contributed by atoms with Gasteiger partial charge < -0.3 is 10.3 Å². The molecule has 1 heterocycles. The summed E-state index contributed by atoms with van der Waals surface area (Å²) in [6.07, 6.45) is 0. The summed E-state index contributed by atoms with van der Waals surface area (Å²) < 4.78 is 0.429. The molecule has 0 saturated heterocycles. The fourth-order valence-electron chi connectivity index (χ4n) is 1.43. The Kier molecular flexibility index (Phi) is 1.93. The number of aromatic carboxylic acids is 1. The first kappa shape index (κ1) is 9.26. The molecule has 0 atom stereocenters. The van der Waals surface area contributed by atoms with Crippen LogP contribution in [0.3, 0.4) is 0 Å². The molecule has 0 aliphatic carbocycles. The van der Waals surface area contributed by atoms with Gasteiger partial charge in [-0.2, -0.15) is 0 Å². The molecule has 0 radical (unpaired) electrons. The lowest BCUT2D eigenvalue weighted by Crippen LogP contribution is -2.33. The molecule has 0 saturated carbocycles. The zero-order chi connectivity index (χ0) is 11.0. The molecule has 15 heavy (non-hydrogen) atoms. The van der Waals surface area contributed by atoms with Gasteiger partial charge in [-0.25, -0.2) is 9.52 Å². The van der Waals surface area contributed by atoms with Crippen molar-refractivity contribution in [2.24, 2.45) is 0 Å². The highest BCUT2D eigenvalue weighted by atomic mass is 16.5. The average Bonchev–Trinajstić information content (AvgIpc) is 2.23. The fraction of sp³-hybridized carbons (Fsp3) is 0. The Labute approximate surface area is 85.0 Å². The van der Waals surface area contributed by atoms with E-state index in [4.69, 9.17) is 10.8 Å². The molecule has 5 heteroatoms. The van der Waals surface area contributed by atoms with Gasteiger partial charge in [0.15, 0.2) is 0 Å². The number of aromatic nitrogens is 1. The van der Waals surface area contributed by atoms with Crippen LogP contribution in [0.15, 0.2) is 30.3 Å². The summed E-state index contributed by atoms with van der Waals surface area (Å²) in [7, 11) is 0. The van der Waals surface area contributed by atoms with Gasteiger partial charge in [0.1, 0.15) is 11.1 Å². The molecule has 2 rings (SSSR count). The van der Waals surface area contributed by atoms with Gasteiger partial charge in [0.2, 0.25) is 0 Å². The molecular weight excluding hydrogens is 196 g/mol. The van der Waals surface area contributed by atoms with Crippen LogP contribution in [0.5, 0.6) is 0 Å². The molecule has 2 aromatic rings. The van der Waals surface area contributed by atoms with Crippen molar-refractivity contribution in [1.29, 1.82) is 0 Å². The average molecular weight is 204 g/mol. The number of para-hydroxylation sites is 1. The second-order valence-corrected chi connectivity index (χ2v) is 3.10. The van der Waals surface area contributed by atoms with Crippen molar-refractivity contribution in [3.05, 3.63) is 41.1 Å². The molecule has 0 unspecified atom stereocenters. The molecule has 1 aromatic heterocycles. The highest BCUT2D eigenvalue weighted by molar-refractivity contribution is 5.95. The third kappa shape index (κ3) is 1.34. The molecule has 3 N–H and O–H groups in total. The molecule has 0 spiro atoms. The number of carboxylic acids is 1. The summed E-state index contributed by atoms with van der Waals surface area (Å²) >= 11 is 0. The molecule has 5 nitrogen and oxygen atoms in total. The molecule has 0 amide bonds. The van der Waals surface area contributed by atoms with Crippen molar-refractivity contribution in [2.75, 3.05) is 5.73 Å². The number of carboxylic acid groups (broad SMARTS) is 1. The van der Waals surface area contributed by atoms with Gasteiger partial charge in [-0.1, -0.05) is 18.2 Å². The normalized spacial score (nSPS) is 10.4. The van der Waals surface area contributed by atoms with E-state index < -0.39 is 5.97 Å². The van der Waals surface area contributed by atoms with Crippen LogP contribution in [-0.4, -0.2) is 11.1 Å². The van der Waals surface area contributed by atoms with E-state index in [2.05, 4.69) is 0 Å². The Morgan fingerprint density at radius 1 is 1.40 bits per heavy atom. The van der Waals surface area contributed by atoms with Crippen LogP contribution in [0.25, 0.3) is 10.9 Å².